The van der Waals surface area contributed by atoms with Crippen molar-refractivity contribution in [1.82, 2.24) is 0 Å². The number of para-hydroxylation sites is 2. The zero-order valence-corrected chi connectivity index (χ0v) is 28.5. The van der Waals surface area contributed by atoms with Crippen molar-refractivity contribution >= 4 is 89.8 Å². The Morgan fingerprint density at radius 2 is 1.71 bits per heavy atom. The fourth-order valence-electron chi connectivity index (χ4n) is 4.82. The van der Waals surface area contributed by atoms with Crippen LogP contribution in [0.15, 0.2) is 82.7 Å². The van der Waals surface area contributed by atoms with Crippen molar-refractivity contribution in [2.24, 2.45) is 0 Å². The number of hydrogen-bond donors (Lipinski definition) is 2. The molecule has 0 aliphatic carbocycles. The van der Waals surface area contributed by atoms with E-state index in [1.54, 1.807) is 17.8 Å². The SMILES string of the molecule is CCN1CN(CC#CCS(=O)(=O)O)c2cc(Cl)c(Cl)cc21.CC[n+]1c(C=CC=C2Nc3ccccc3S2)sc2ccccc21.[OH-]. The van der Waals surface area contributed by atoms with Crippen LogP contribution in [0.4, 0.5) is 17.1 Å². The number of hydrogen-bond acceptors (Lipinski definition) is 8. The van der Waals surface area contributed by atoms with Gasteiger partial charge in [0.05, 0.1) is 45.3 Å². The maximum Gasteiger partial charge on any atom is 0.276 e. The number of fused-ring (bicyclic) bond motifs is 3. The Balaban J connectivity index is 0.000000201. The van der Waals surface area contributed by atoms with Crippen molar-refractivity contribution in [2.75, 3.05) is 40.6 Å². The summed E-state index contributed by atoms with van der Waals surface area (Å²) in [5.74, 6) is 4.61. The lowest BCUT2D eigenvalue weighted by atomic mass is 10.2. The minimum Gasteiger partial charge on any atom is -0.870 e. The molecule has 0 spiro atoms. The molecule has 45 heavy (non-hydrogen) atoms. The third-order valence-corrected chi connectivity index (χ3v) is 10.3. The molecule has 13 heteroatoms. The zero-order valence-electron chi connectivity index (χ0n) is 24.6. The molecule has 0 saturated carbocycles. The van der Waals surface area contributed by atoms with E-state index in [1.165, 1.54) is 30.8 Å². The van der Waals surface area contributed by atoms with Gasteiger partial charge >= 0.3 is 0 Å². The number of allylic oxidation sites excluding steroid dienone is 2. The van der Waals surface area contributed by atoms with E-state index >= 15 is 0 Å². The summed E-state index contributed by atoms with van der Waals surface area (Å²) in [6.45, 7) is 6.98. The van der Waals surface area contributed by atoms with Crippen molar-refractivity contribution in [3.63, 3.8) is 0 Å². The second-order valence-electron chi connectivity index (χ2n) is 9.80. The number of rotatable bonds is 6. The minimum absolute atomic E-state index is 0. The predicted octanol–water partition coefficient (Wildman–Crippen LogP) is 7.59. The maximum absolute atomic E-state index is 10.6. The molecular weight excluding hydrogens is 671 g/mol. The number of aryl methyl sites for hydroxylation is 1. The van der Waals surface area contributed by atoms with Crippen molar-refractivity contribution < 1.29 is 23.0 Å². The van der Waals surface area contributed by atoms with E-state index in [2.05, 4.69) is 100 Å². The fourth-order valence-corrected chi connectivity index (χ4v) is 7.48. The van der Waals surface area contributed by atoms with Gasteiger partial charge in [0.1, 0.15) is 17.0 Å². The number of nitrogens with one attached hydrogen (secondary N) is 1. The van der Waals surface area contributed by atoms with Gasteiger partial charge in [-0.15, -0.1) is 0 Å². The summed E-state index contributed by atoms with van der Waals surface area (Å²) in [6.07, 6.45) is 6.49. The Hall–Kier alpha value is -3.21. The lowest BCUT2D eigenvalue weighted by molar-refractivity contribution is -0.665. The Morgan fingerprint density at radius 1 is 1.02 bits per heavy atom. The first kappa shape index (κ1) is 34.7. The number of thiazole rings is 1. The Kier molecular flexibility index (Phi) is 11.8. The first-order valence-corrected chi connectivity index (χ1v) is 17.9. The normalized spacial score (nSPS) is 14.4. The van der Waals surface area contributed by atoms with E-state index in [1.807, 2.05) is 29.2 Å². The lowest BCUT2D eigenvalue weighted by Crippen LogP contribution is -2.33. The highest BCUT2D eigenvalue weighted by atomic mass is 35.5. The third-order valence-electron chi connectivity index (χ3n) is 6.88. The molecule has 0 amide bonds. The summed E-state index contributed by atoms with van der Waals surface area (Å²) >= 11 is 15.7. The second kappa shape index (κ2) is 15.4. The molecule has 0 unspecified atom stereocenters. The van der Waals surface area contributed by atoms with Crippen LogP contribution in [-0.4, -0.2) is 44.0 Å². The Morgan fingerprint density at radius 3 is 2.40 bits per heavy atom. The molecule has 0 fully saturated rings. The molecule has 3 N–H and O–H groups in total. The molecule has 0 saturated heterocycles. The Bertz CT molecular complexity index is 1890. The van der Waals surface area contributed by atoms with Crippen molar-refractivity contribution in [2.45, 2.75) is 25.3 Å². The van der Waals surface area contributed by atoms with Crippen LogP contribution in [0.5, 0.6) is 0 Å². The van der Waals surface area contributed by atoms with Crippen LogP contribution < -0.4 is 19.7 Å². The van der Waals surface area contributed by atoms with Crippen LogP contribution >= 0.6 is 46.3 Å². The number of thioether (sulfide) groups is 1. The first-order chi connectivity index (χ1) is 21.2. The van der Waals surface area contributed by atoms with E-state index < -0.39 is 15.9 Å². The molecule has 0 atom stereocenters. The van der Waals surface area contributed by atoms with E-state index in [4.69, 9.17) is 27.8 Å². The molecule has 2 aliphatic rings. The fraction of sp³-hybridized carbons (Fsp3) is 0.219. The molecule has 6 rings (SSSR count). The molecule has 1 aromatic heterocycles. The average molecular weight is 704 g/mol. The number of aromatic nitrogens is 1. The molecular formula is C32H32Cl2N4O4S3. The number of halogens is 2. The molecule has 3 aromatic carbocycles. The van der Waals surface area contributed by atoms with Crippen LogP contribution in [0.1, 0.15) is 18.9 Å². The zero-order chi connectivity index (χ0) is 31.3. The third kappa shape index (κ3) is 8.54. The Labute approximate surface area is 282 Å². The van der Waals surface area contributed by atoms with Gasteiger partial charge in [-0.25, -0.2) is 0 Å². The van der Waals surface area contributed by atoms with Gasteiger partial charge in [-0.3, -0.25) is 4.55 Å². The first-order valence-electron chi connectivity index (χ1n) is 13.9. The van der Waals surface area contributed by atoms with E-state index in [0.717, 1.165) is 24.5 Å². The molecule has 4 aromatic rings. The molecule has 0 radical (unpaired) electrons. The van der Waals surface area contributed by atoms with Gasteiger partial charge in [-0.2, -0.15) is 13.0 Å². The summed E-state index contributed by atoms with van der Waals surface area (Å²) in [6, 6.07) is 20.6. The van der Waals surface area contributed by atoms with Gasteiger partial charge in [0, 0.05) is 23.6 Å². The van der Waals surface area contributed by atoms with Crippen LogP contribution in [0.2, 0.25) is 10.0 Å². The number of benzene rings is 3. The quantitative estimate of drug-likeness (QED) is 0.120. The van der Waals surface area contributed by atoms with Crippen LogP contribution in [0.25, 0.3) is 16.3 Å². The topological polar surface area (TPSA) is 107 Å². The largest absolute Gasteiger partial charge is 0.870 e. The molecule has 236 valence electrons. The molecule has 0 bridgehead atoms. The highest BCUT2D eigenvalue weighted by molar-refractivity contribution is 8.03. The van der Waals surface area contributed by atoms with Gasteiger partial charge < -0.3 is 20.6 Å². The predicted molar refractivity (Wildman–Crippen MR) is 189 cm³/mol. The highest BCUT2D eigenvalue weighted by Crippen LogP contribution is 2.41. The standard InChI is InChI=1S/C19H16N2S2.C13H14Cl2N2O3S.H2O/c1-2-21-15-9-4-6-11-17(15)23-19(21)13-7-12-18-20-14-8-3-5-10-16(14)22-18;1-2-16-9-17(5-3-4-6-21(18,19)20)13-8-11(15)10(14)7-12(13)16;/h3-13H,2H2,1H3;7-8H,2,5-6,9H2,1H3,(H,18,19,20);1H2. The number of anilines is 3. The van der Waals surface area contributed by atoms with Gasteiger partial charge in [0.15, 0.2) is 0 Å². The molecule has 3 heterocycles. The average Bonchev–Trinajstić information content (AvgIpc) is 3.68. The van der Waals surface area contributed by atoms with Crippen molar-refractivity contribution in [3.05, 3.63) is 92.9 Å². The van der Waals surface area contributed by atoms with Crippen LogP contribution in [0.3, 0.4) is 0 Å². The monoisotopic (exact) mass is 702 g/mol. The lowest BCUT2D eigenvalue weighted by Gasteiger charge is -2.18. The summed E-state index contributed by atoms with van der Waals surface area (Å²) in [7, 11) is -4.05. The van der Waals surface area contributed by atoms with E-state index in [-0.39, 0.29) is 5.48 Å². The van der Waals surface area contributed by atoms with Crippen molar-refractivity contribution in [1.29, 1.82) is 0 Å². The van der Waals surface area contributed by atoms with Gasteiger partial charge in [-0.05, 0) is 50.3 Å². The van der Waals surface area contributed by atoms with Gasteiger partial charge in [0.2, 0.25) is 5.52 Å². The minimum atomic E-state index is -4.05. The molecule has 2 aliphatic heterocycles. The smallest absolute Gasteiger partial charge is 0.276 e. The summed E-state index contributed by atoms with van der Waals surface area (Å²) in [4.78, 5) is 5.37. The summed E-state index contributed by atoms with van der Waals surface area (Å²) in [5, 5.41) is 6.86. The van der Waals surface area contributed by atoms with Crippen LogP contribution in [0, 0.1) is 11.8 Å². The second-order valence-corrected chi connectivity index (χ2v) is 14.2. The van der Waals surface area contributed by atoms with E-state index in [0.29, 0.717) is 23.3 Å². The van der Waals surface area contributed by atoms with Gasteiger partial charge in [0.25, 0.3) is 15.1 Å². The number of nitrogens with zero attached hydrogens (tertiary/aromatic N) is 3. The highest BCUT2D eigenvalue weighted by Gasteiger charge is 2.25. The maximum atomic E-state index is 10.6. The van der Waals surface area contributed by atoms with E-state index in [9.17, 15) is 8.42 Å². The van der Waals surface area contributed by atoms with Crippen LogP contribution in [-0.2, 0) is 16.7 Å². The summed E-state index contributed by atoms with van der Waals surface area (Å²) in [5.41, 5.74) is 4.39. The van der Waals surface area contributed by atoms with Crippen molar-refractivity contribution in [3.8, 4) is 11.8 Å². The van der Waals surface area contributed by atoms with Gasteiger partial charge in [-0.1, -0.05) is 88.5 Å². The molecule has 8 nitrogen and oxygen atoms in total. The summed E-state index contributed by atoms with van der Waals surface area (Å²) < 4.78 is 33.5.